The topological polar surface area (TPSA) is 75.1 Å². The normalized spacial score (nSPS) is 18.6. The van der Waals surface area contributed by atoms with Gasteiger partial charge in [-0.1, -0.05) is 31.2 Å². The van der Waals surface area contributed by atoms with Crippen molar-refractivity contribution in [2.24, 2.45) is 5.92 Å². The van der Waals surface area contributed by atoms with Gasteiger partial charge in [-0.15, -0.1) is 0 Å². The average Bonchev–Trinajstić information content (AvgIpc) is 2.91. The summed E-state index contributed by atoms with van der Waals surface area (Å²) in [6.45, 7) is 5.35. The van der Waals surface area contributed by atoms with Gasteiger partial charge in [0.2, 0.25) is 5.88 Å². The predicted octanol–water partition coefficient (Wildman–Crippen LogP) is 4.25. The van der Waals surface area contributed by atoms with Crippen molar-refractivity contribution >= 4 is 5.91 Å². The molecule has 2 aromatic carbocycles. The van der Waals surface area contributed by atoms with E-state index in [0.29, 0.717) is 30.9 Å². The van der Waals surface area contributed by atoms with Crippen LogP contribution in [0.15, 0.2) is 60.8 Å². The maximum absolute atomic E-state index is 13.7. The number of carbonyl (C=O) groups excluding carboxylic acids is 1. The van der Waals surface area contributed by atoms with Gasteiger partial charge in [-0.2, -0.15) is 0 Å². The average molecular weight is 508 g/mol. The van der Waals surface area contributed by atoms with Gasteiger partial charge in [-0.25, -0.2) is 9.37 Å². The molecule has 1 aliphatic rings. The summed E-state index contributed by atoms with van der Waals surface area (Å²) in [7, 11) is 3.59. The van der Waals surface area contributed by atoms with Crippen molar-refractivity contribution in [3.05, 3.63) is 77.7 Å². The van der Waals surface area contributed by atoms with Crippen LogP contribution in [0, 0.1) is 11.7 Å². The summed E-state index contributed by atoms with van der Waals surface area (Å²) in [5.41, 5.74) is 2.99. The number of methoxy groups -OCH3 is 1. The fourth-order valence-corrected chi connectivity index (χ4v) is 4.55. The van der Waals surface area contributed by atoms with Crippen molar-refractivity contribution in [2.75, 3.05) is 33.9 Å². The number of aliphatic hydroxyl groups is 1. The van der Waals surface area contributed by atoms with Gasteiger partial charge in [-0.05, 0) is 55.4 Å². The highest BCUT2D eigenvalue weighted by atomic mass is 19.1. The minimum atomic E-state index is -0.362. The van der Waals surface area contributed by atoms with Crippen LogP contribution in [0.2, 0.25) is 0 Å². The molecule has 0 fully saturated rings. The Morgan fingerprint density at radius 1 is 1.22 bits per heavy atom. The lowest BCUT2D eigenvalue weighted by atomic mass is 9.99. The Morgan fingerprint density at radius 2 is 1.97 bits per heavy atom. The standard InChI is InChI=1S/C29H34FN3O4/c1-19-15-33(20(2)18-34)29(35)26-13-23(22-6-5-7-25(12-22)36-4)14-31-28(26)37-27(19)17-32(3)16-21-8-10-24(30)11-9-21/h5-14,19-20,27,34H,15-18H2,1-4H3/t19-,20-,27-/m1/s1. The zero-order chi connectivity index (χ0) is 26.5. The van der Waals surface area contributed by atoms with Gasteiger partial charge in [0.15, 0.2) is 0 Å². The number of halogens is 1. The SMILES string of the molecule is COc1cccc(-c2cnc3c(c2)C(=O)N([C@H](C)CO)C[C@@H](C)[C@@H](CN(C)Cc2ccc(F)cc2)O3)c1. The zero-order valence-electron chi connectivity index (χ0n) is 21.7. The van der Waals surface area contributed by atoms with Crippen molar-refractivity contribution in [3.8, 4) is 22.8 Å². The lowest BCUT2D eigenvalue weighted by molar-refractivity contribution is 0.0325. The van der Waals surface area contributed by atoms with E-state index in [1.807, 2.05) is 45.2 Å². The molecule has 3 atom stereocenters. The van der Waals surface area contributed by atoms with E-state index in [1.54, 1.807) is 36.4 Å². The van der Waals surface area contributed by atoms with Crippen LogP contribution in [0.5, 0.6) is 11.6 Å². The van der Waals surface area contributed by atoms with E-state index in [-0.39, 0.29) is 42.3 Å². The van der Waals surface area contributed by atoms with Gasteiger partial charge in [0.1, 0.15) is 23.2 Å². The predicted molar refractivity (Wildman–Crippen MR) is 140 cm³/mol. The van der Waals surface area contributed by atoms with Crippen molar-refractivity contribution in [1.82, 2.24) is 14.8 Å². The number of pyridine rings is 1. The van der Waals surface area contributed by atoms with Crippen molar-refractivity contribution in [1.29, 1.82) is 0 Å². The molecule has 0 unspecified atom stereocenters. The third-order valence-corrected chi connectivity index (χ3v) is 6.78. The molecule has 0 aliphatic carbocycles. The van der Waals surface area contributed by atoms with E-state index < -0.39 is 0 Å². The van der Waals surface area contributed by atoms with E-state index in [9.17, 15) is 14.3 Å². The molecule has 37 heavy (non-hydrogen) atoms. The van der Waals surface area contributed by atoms with Gasteiger partial charge in [0, 0.05) is 37.3 Å². The van der Waals surface area contributed by atoms with Crippen LogP contribution < -0.4 is 9.47 Å². The number of aliphatic hydroxyl groups excluding tert-OH is 1. The molecule has 0 radical (unpaired) electrons. The van der Waals surface area contributed by atoms with Crippen LogP contribution in [0.1, 0.15) is 29.8 Å². The number of hydrogen-bond donors (Lipinski definition) is 1. The summed E-state index contributed by atoms with van der Waals surface area (Å²) >= 11 is 0. The van der Waals surface area contributed by atoms with E-state index in [2.05, 4.69) is 9.88 Å². The number of carbonyl (C=O) groups is 1. The molecule has 0 saturated carbocycles. The highest BCUT2D eigenvalue weighted by Crippen LogP contribution is 2.31. The quantitative estimate of drug-likeness (QED) is 0.492. The molecule has 196 valence electrons. The zero-order valence-corrected chi connectivity index (χ0v) is 21.7. The minimum Gasteiger partial charge on any atom is -0.497 e. The van der Waals surface area contributed by atoms with Crippen LogP contribution in [0.3, 0.4) is 0 Å². The molecule has 1 amide bonds. The molecule has 8 heteroatoms. The molecule has 2 heterocycles. The van der Waals surface area contributed by atoms with Gasteiger partial charge in [0.25, 0.3) is 5.91 Å². The second kappa shape index (κ2) is 11.7. The summed E-state index contributed by atoms with van der Waals surface area (Å²) in [5, 5.41) is 9.90. The van der Waals surface area contributed by atoms with Crippen LogP contribution in [0.4, 0.5) is 4.39 Å². The van der Waals surface area contributed by atoms with Crippen molar-refractivity contribution in [2.45, 2.75) is 32.5 Å². The Labute approximate surface area is 217 Å². The number of hydrogen-bond acceptors (Lipinski definition) is 6. The van der Waals surface area contributed by atoms with Crippen LogP contribution >= 0.6 is 0 Å². The molecule has 1 aliphatic heterocycles. The Morgan fingerprint density at radius 3 is 2.68 bits per heavy atom. The Balaban J connectivity index is 1.65. The molecular weight excluding hydrogens is 473 g/mol. The van der Waals surface area contributed by atoms with E-state index in [1.165, 1.54) is 12.1 Å². The summed E-state index contributed by atoms with van der Waals surface area (Å²) in [5.74, 6) is 0.474. The number of ether oxygens (including phenoxy) is 2. The molecular formula is C29H34FN3O4. The lowest BCUT2D eigenvalue weighted by Crippen LogP contribution is -2.49. The van der Waals surface area contributed by atoms with Crippen LogP contribution in [0.25, 0.3) is 11.1 Å². The smallest absolute Gasteiger partial charge is 0.259 e. The minimum absolute atomic E-state index is 0.0263. The number of rotatable bonds is 8. The third-order valence-electron chi connectivity index (χ3n) is 6.78. The number of likely N-dealkylation sites (N-methyl/N-ethyl adjacent to an activating group) is 1. The summed E-state index contributed by atoms with van der Waals surface area (Å²) < 4.78 is 25.1. The fraction of sp³-hybridized carbons (Fsp3) is 0.379. The third kappa shape index (κ3) is 6.26. The Hall–Kier alpha value is -3.49. The second-order valence-corrected chi connectivity index (χ2v) is 9.75. The molecule has 3 aromatic rings. The molecule has 0 saturated heterocycles. The van der Waals surface area contributed by atoms with Gasteiger partial charge in [0.05, 0.1) is 19.8 Å². The highest BCUT2D eigenvalue weighted by molar-refractivity contribution is 5.98. The monoisotopic (exact) mass is 507 g/mol. The highest BCUT2D eigenvalue weighted by Gasteiger charge is 2.34. The summed E-state index contributed by atoms with van der Waals surface area (Å²) in [4.78, 5) is 22.1. The van der Waals surface area contributed by atoms with E-state index >= 15 is 0 Å². The fourth-order valence-electron chi connectivity index (χ4n) is 4.55. The van der Waals surface area contributed by atoms with Crippen molar-refractivity contribution in [3.63, 3.8) is 0 Å². The summed E-state index contributed by atoms with van der Waals surface area (Å²) in [6.07, 6.45) is 1.44. The molecule has 7 nitrogen and oxygen atoms in total. The van der Waals surface area contributed by atoms with Gasteiger partial charge < -0.3 is 19.5 Å². The van der Waals surface area contributed by atoms with E-state index in [4.69, 9.17) is 9.47 Å². The van der Waals surface area contributed by atoms with Crippen molar-refractivity contribution < 1.29 is 23.8 Å². The molecule has 0 spiro atoms. The van der Waals surface area contributed by atoms with Gasteiger partial charge in [-0.3, -0.25) is 9.69 Å². The molecule has 0 bridgehead atoms. The largest absolute Gasteiger partial charge is 0.497 e. The van der Waals surface area contributed by atoms with E-state index in [0.717, 1.165) is 16.7 Å². The number of benzene rings is 2. The first-order valence-electron chi connectivity index (χ1n) is 12.4. The number of amides is 1. The van der Waals surface area contributed by atoms with Crippen LogP contribution in [-0.4, -0.2) is 71.8 Å². The first-order valence-corrected chi connectivity index (χ1v) is 12.4. The number of fused-ring (bicyclic) bond motifs is 1. The van der Waals surface area contributed by atoms with Crippen LogP contribution in [-0.2, 0) is 6.54 Å². The first kappa shape index (κ1) is 26.6. The number of aromatic nitrogens is 1. The Kier molecular flexibility index (Phi) is 8.41. The maximum atomic E-state index is 13.7. The second-order valence-electron chi connectivity index (χ2n) is 9.75. The Bertz CT molecular complexity index is 1220. The van der Waals surface area contributed by atoms with Gasteiger partial charge >= 0.3 is 0 Å². The molecule has 4 rings (SSSR count). The molecule has 1 aromatic heterocycles. The molecule has 1 N–H and O–H groups in total. The number of nitrogens with zero attached hydrogens (tertiary/aromatic N) is 3. The maximum Gasteiger partial charge on any atom is 0.259 e. The summed E-state index contributed by atoms with van der Waals surface area (Å²) in [6, 6.07) is 15.5. The lowest BCUT2D eigenvalue weighted by Gasteiger charge is -2.37. The first-order chi connectivity index (χ1) is 17.8.